The van der Waals surface area contributed by atoms with E-state index < -0.39 is 0 Å². The zero-order valence-electron chi connectivity index (χ0n) is 10.0. The van der Waals surface area contributed by atoms with E-state index in [0.717, 1.165) is 0 Å². The lowest BCUT2D eigenvalue weighted by atomic mass is 10.1. The Bertz CT molecular complexity index is 479. The lowest BCUT2D eigenvalue weighted by Gasteiger charge is -2.38. The molecule has 0 bridgehead atoms. The lowest BCUT2D eigenvalue weighted by molar-refractivity contribution is -0.0765. The van der Waals surface area contributed by atoms with E-state index in [-0.39, 0.29) is 17.1 Å². The second-order valence-electron chi connectivity index (χ2n) is 4.76. The molecule has 1 N–H and O–H groups in total. The van der Waals surface area contributed by atoms with Gasteiger partial charge in [-0.05, 0) is 19.9 Å². The Morgan fingerprint density at radius 3 is 2.88 bits per heavy atom. The van der Waals surface area contributed by atoms with Crippen molar-refractivity contribution in [1.82, 2.24) is 9.88 Å². The molecule has 92 valence electrons. The summed E-state index contributed by atoms with van der Waals surface area (Å²) in [5.41, 5.74) is -0.262. The maximum Gasteiger partial charge on any atom is 0.270 e. The number of carbonyl (C=O) groups excluding carboxylic acids is 1. The summed E-state index contributed by atoms with van der Waals surface area (Å²) in [5.74, 6) is -0.154. The summed E-state index contributed by atoms with van der Waals surface area (Å²) in [7, 11) is 0. The summed E-state index contributed by atoms with van der Waals surface area (Å²) in [4.78, 5) is 27.5. The van der Waals surface area contributed by atoms with Crippen LogP contribution in [0.25, 0.3) is 0 Å². The van der Waals surface area contributed by atoms with E-state index in [1.165, 1.54) is 6.07 Å². The normalized spacial score (nSPS) is 19.1. The SMILES string of the molecule is CC1(C)CN(C(=O)c2cccc(=O)[nH]2)CCO1. The van der Waals surface area contributed by atoms with E-state index in [1.54, 1.807) is 17.0 Å². The zero-order chi connectivity index (χ0) is 12.5. The van der Waals surface area contributed by atoms with Crippen LogP contribution in [-0.2, 0) is 4.74 Å². The van der Waals surface area contributed by atoms with Gasteiger partial charge in [0.1, 0.15) is 5.69 Å². The third kappa shape index (κ3) is 2.74. The number of amides is 1. The van der Waals surface area contributed by atoms with E-state index >= 15 is 0 Å². The van der Waals surface area contributed by atoms with Crippen LogP contribution in [0.4, 0.5) is 0 Å². The van der Waals surface area contributed by atoms with E-state index in [1.807, 2.05) is 13.8 Å². The van der Waals surface area contributed by atoms with Crippen LogP contribution < -0.4 is 5.56 Å². The Labute approximate surface area is 99.4 Å². The number of aromatic nitrogens is 1. The summed E-state index contributed by atoms with van der Waals surface area (Å²) in [6, 6.07) is 4.59. The van der Waals surface area contributed by atoms with Gasteiger partial charge >= 0.3 is 0 Å². The molecule has 0 spiro atoms. The molecule has 1 fully saturated rings. The number of hydrogen-bond donors (Lipinski definition) is 1. The second kappa shape index (κ2) is 4.33. The molecular weight excluding hydrogens is 220 g/mol. The van der Waals surface area contributed by atoms with Crippen molar-refractivity contribution in [3.63, 3.8) is 0 Å². The summed E-state index contributed by atoms with van der Waals surface area (Å²) >= 11 is 0. The van der Waals surface area contributed by atoms with Crippen LogP contribution in [0, 0.1) is 0 Å². The zero-order valence-corrected chi connectivity index (χ0v) is 10.0. The highest BCUT2D eigenvalue weighted by Gasteiger charge is 2.30. The van der Waals surface area contributed by atoms with Gasteiger partial charge in [0, 0.05) is 19.2 Å². The molecule has 0 aliphatic carbocycles. The number of nitrogens with zero attached hydrogens (tertiary/aromatic N) is 1. The van der Waals surface area contributed by atoms with Crippen molar-refractivity contribution >= 4 is 5.91 Å². The second-order valence-corrected chi connectivity index (χ2v) is 4.76. The molecule has 2 heterocycles. The Balaban J connectivity index is 2.18. The summed E-state index contributed by atoms with van der Waals surface area (Å²) in [6.07, 6.45) is 0. The van der Waals surface area contributed by atoms with Crippen LogP contribution in [0.15, 0.2) is 23.0 Å². The van der Waals surface area contributed by atoms with Gasteiger partial charge in [0.05, 0.1) is 12.2 Å². The van der Waals surface area contributed by atoms with Crippen molar-refractivity contribution < 1.29 is 9.53 Å². The standard InChI is InChI=1S/C12H16N2O3/c1-12(2)8-14(6-7-17-12)11(16)9-4-3-5-10(15)13-9/h3-5H,6-8H2,1-2H3,(H,13,15). The van der Waals surface area contributed by atoms with Crippen LogP contribution in [0.2, 0.25) is 0 Å². The molecular formula is C12H16N2O3. The monoisotopic (exact) mass is 236 g/mol. The van der Waals surface area contributed by atoms with Crippen LogP contribution in [0.1, 0.15) is 24.3 Å². The number of nitrogens with one attached hydrogen (secondary N) is 1. The molecule has 17 heavy (non-hydrogen) atoms. The third-order valence-electron chi connectivity index (χ3n) is 2.71. The molecule has 0 radical (unpaired) electrons. The number of H-pyrrole nitrogens is 1. The molecule has 0 saturated carbocycles. The number of rotatable bonds is 1. The van der Waals surface area contributed by atoms with E-state index in [0.29, 0.717) is 25.4 Å². The molecule has 0 unspecified atom stereocenters. The maximum atomic E-state index is 12.1. The highest BCUT2D eigenvalue weighted by molar-refractivity contribution is 5.92. The Hall–Kier alpha value is -1.62. The molecule has 2 rings (SSSR count). The fraction of sp³-hybridized carbons (Fsp3) is 0.500. The highest BCUT2D eigenvalue weighted by atomic mass is 16.5. The van der Waals surface area contributed by atoms with Gasteiger partial charge in [0.15, 0.2) is 0 Å². The van der Waals surface area contributed by atoms with Gasteiger partial charge in [-0.15, -0.1) is 0 Å². The smallest absolute Gasteiger partial charge is 0.270 e. The number of carbonyl (C=O) groups is 1. The molecule has 1 saturated heterocycles. The van der Waals surface area contributed by atoms with Crippen molar-refractivity contribution in [2.24, 2.45) is 0 Å². The van der Waals surface area contributed by atoms with Crippen LogP contribution >= 0.6 is 0 Å². The van der Waals surface area contributed by atoms with Gasteiger partial charge in [-0.1, -0.05) is 6.07 Å². The lowest BCUT2D eigenvalue weighted by Crippen LogP contribution is -2.50. The van der Waals surface area contributed by atoms with Crippen molar-refractivity contribution in [2.75, 3.05) is 19.7 Å². The average Bonchev–Trinajstić information content (AvgIpc) is 2.26. The third-order valence-corrected chi connectivity index (χ3v) is 2.71. The Morgan fingerprint density at radius 1 is 1.47 bits per heavy atom. The molecule has 1 amide bonds. The molecule has 5 heteroatoms. The molecule has 0 atom stereocenters. The first-order valence-electron chi connectivity index (χ1n) is 5.60. The molecule has 1 aliphatic rings. The predicted molar refractivity (Wildman–Crippen MR) is 63.0 cm³/mol. The quantitative estimate of drug-likeness (QED) is 0.777. The van der Waals surface area contributed by atoms with Gasteiger partial charge in [0.25, 0.3) is 5.91 Å². The van der Waals surface area contributed by atoms with E-state index in [2.05, 4.69) is 4.98 Å². The summed E-state index contributed by atoms with van der Waals surface area (Å²) < 4.78 is 5.54. The molecule has 0 aromatic carbocycles. The topological polar surface area (TPSA) is 62.4 Å². The largest absolute Gasteiger partial charge is 0.372 e. The Kier molecular flexibility index (Phi) is 3.02. The minimum atomic E-state index is -0.330. The first-order chi connectivity index (χ1) is 7.98. The van der Waals surface area contributed by atoms with Gasteiger partial charge in [0.2, 0.25) is 5.56 Å². The summed E-state index contributed by atoms with van der Waals surface area (Å²) in [5, 5.41) is 0. The summed E-state index contributed by atoms with van der Waals surface area (Å²) in [6.45, 7) is 5.50. The molecule has 5 nitrogen and oxygen atoms in total. The first kappa shape index (κ1) is 11.9. The number of aromatic amines is 1. The van der Waals surface area contributed by atoms with Crippen LogP contribution in [-0.4, -0.2) is 41.1 Å². The average molecular weight is 236 g/mol. The van der Waals surface area contributed by atoms with Crippen molar-refractivity contribution in [2.45, 2.75) is 19.4 Å². The van der Waals surface area contributed by atoms with Gasteiger partial charge in [-0.2, -0.15) is 0 Å². The first-order valence-corrected chi connectivity index (χ1v) is 5.60. The molecule has 1 aliphatic heterocycles. The molecule has 1 aromatic heterocycles. The Morgan fingerprint density at radius 2 is 2.24 bits per heavy atom. The van der Waals surface area contributed by atoms with Crippen molar-refractivity contribution in [3.8, 4) is 0 Å². The van der Waals surface area contributed by atoms with Gasteiger partial charge in [-0.3, -0.25) is 9.59 Å². The van der Waals surface area contributed by atoms with E-state index in [4.69, 9.17) is 4.74 Å². The fourth-order valence-corrected chi connectivity index (χ4v) is 1.93. The van der Waals surface area contributed by atoms with Gasteiger partial charge in [-0.25, -0.2) is 0 Å². The van der Waals surface area contributed by atoms with Crippen molar-refractivity contribution in [1.29, 1.82) is 0 Å². The predicted octanol–water partition coefficient (Wildman–Crippen LogP) is 0.626. The fourth-order valence-electron chi connectivity index (χ4n) is 1.93. The highest BCUT2D eigenvalue weighted by Crippen LogP contribution is 2.17. The minimum Gasteiger partial charge on any atom is -0.372 e. The minimum absolute atomic E-state index is 0.154. The van der Waals surface area contributed by atoms with E-state index in [9.17, 15) is 9.59 Å². The van der Waals surface area contributed by atoms with Crippen LogP contribution in [0.5, 0.6) is 0 Å². The van der Waals surface area contributed by atoms with Gasteiger partial charge < -0.3 is 14.6 Å². The number of hydrogen-bond acceptors (Lipinski definition) is 3. The number of morpholine rings is 1. The number of pyridine rings is 1. The van der Waals surface area contributed by atoms with Crippen LogP contribution in [0.3, 0.4) is 0 Å². The van der Waals surface area contributed by atoms with Crippen molar-refractivity contribution in [3.05, 3.63) is 34.2 Å². The maximum absolute atomic E-state index is 12.1. The molecule has 1 aromatic rings. The number of ether oxygens (including phenoxy) is 1.